The summed E-state index contributed by atoms with van der Waals surface area (Å²) in [7, 11) is 0. The van der Waals surface area contributed by atoms with Crippen molar-refractivity contribution in [1.82, 2.24) is 4.90 Å². The van der Waals surface area contributed by atoms with E-state index < -0.39 is 5.82 Å². The van der Waals surface area contributed by atoms with E-state index in [2.05, 4.69) is 6.92 Å². The number of carbonyl (C=O) groups is 1. The van der Waals surface area contributed by atoms with Crippen molar-refractivity contribution in [3.8, 4) is 6.07 Å². The molecule has 0 bridgehead atoms. The van der Waals surface area contributed by atoms with E-state index in [0.29, 0.717) is 18.9 Å². The smallest absolute Gasteiger partial charge is 0.223 e. The Morgan fingerprint density at radius 3 is 2.94 bits per heavy atom. The first kappa shape index (κ1) is 12.6. The molecule has 0 aliphatic carbocycles. The van der Waals surface area contributed by atoms with Gasteiger partial charge in [0.2, 0.25) is 5.91 Å². The fourth-order valence-electron chi connectivity index (χ4n) is 2.26. The fourth-order valence-corrected chi connectivity index (χ4v) is 2.26. The van der Waals surface area contributed by atoms with E-state index in [9.17, 15) is 9.18 Å². The summed E-state index contributed by atoms with van der Waals surface area (Å²) in [5, 5.41) is 8.77. The number of amides is 1. The third-order valence-electron chi connectivity index (χ3n) is 3.40. The van der Waals surface area contributed by atoms with Gasteiger partial charge in [0, 0.05) is 19.5 Å². The van der Waals surface area contributed by atoms with Crippen LogP contribution < -0.4 is 0 Å². The molecule has 18 heavy (non-hydrogen) atoms. The van der Waals surface area contributed by atoms with Crippen molar-refractivity contribution in [2.24, 2.45) is 5.92 Å². The standard InChI is InChI=1S/C14H15FN2O/c1-2-10-6-14(18)17(8-10)9-11-3-4-13(15)12(5-11)7-16/h3-5,10H,2,6,8-9H2,1H3. The van der Waals surface area contributed by atoms with E-state index in [-0.39, 0.29) is 11.5 Å². The van der Waals surface area contributed by atoms with Crippen molar-refractivity contribution in [3.63, 3.8) is 0 Å². The maximum atomic E-state index is 13.2. The van der Waals surface area contributed by atoms with Gasteiger partial charge in [-0.1, -0.05) is 19.4 Å². The zero-order chi connectivity index (χ0) is 13.1. The molecule has 1 atom stereocenters. The summed E-state index contributed by atoms with van der Waals surface area (Å²) in [4.78, 5) is 13.5. The molecule has 0 aromatic heterocycles. The topological polar surface area (TPSA) is 44.1 Å². The monoisotopic (exact) mass is 246 g/mol. The van der Waals surface area contributed by atoms with Gasteiger partial charge in [0.25, 0.3) is 0 Å². The van der Waals surface area contributed by atoms with Gasteiger partial charge in [-0.2, -0.15) is 5.26 Å². The van der Waals surface area contributed by atoms with E-state index in [1.165, 1.54) is 12.1 Å². The number of rotatable bonds is 3. The van der Waals surface area contributed by atoms with E-state index in [1.54, 1.807) is 11.0 Å². The van der Waals surface area contributed by atoms with Gasteiger partial charge in [-0.25, -0.2) is 4.39 Å². The highest BCUT2D eigenvalue weighted by molar-refractivity contribution is 5.78. The molecule has 1 amide bonds. The molecular weight excluding hydrogens is 231 g/mol. The number of nitrogens with zero attached hydrogens (tertiary/aromatic N) is 2. The van der Waals surface area contributed by atoms with Crippen LogP contribution in [0.2, 0.25) is 0 Å². The summed E-state index contributed by atoms with van der Waals surface area (Å²) in [6.07, 6.45) is 1.60. The van der Waals surface area contributed by atoms with Gasteiger partial charge in [0.1, 0.15) is 11.9 Å². The van der Waals surface area contributed by atoms with Crippen molar-refractivity contribution in [2.75, 3.05) is 6.54 Å². The van der Waals surface area contributed by atoms with Crippen LogP contribution >= 0.6 is 0 Å². The second kappa shape index (κ2) is 5.18. The Kier molecular flexibility index (Phi) is 3.61. The Morgan fingerprint density at radius 1 is 1.56 bits per heavy atom. The molecule has 0 spiro atoms. The van der Waals surface area contributed by atoms with Crippen LogP contribution in [-0.4, -0.2) is 17.4 Å². The lowest BCUT2D eigenvalue weighted by atomic mass is 10.1. The Labute approximate surface area is 106 Å². The van der Waals surface area contributed by atoms with Crippen LogP contribution in [0.4, 0.5) is 4.39 Å². The zero-order valence-electron chi connectivity index (χ0n) is 10.3. The quantitative estimate of drug-likeness (QED) is 0.822. The number of benzene rings is 1. The van der Waals surface area contributed by atoms with Gasteiger partial charge in [-0.3, -0.25) is 4.79 Å². The van der Waals surface area contributed by atoms with Crippen LogP contribution in [-0.2, 0) is 11.3 Å². The van der Waals surface area contributed by atoms with Gasteiger partial charge >= 0.3 is 0 Å². The third kappa shape index (κ3) is 2.51. The second-order valence-electron chi connectivity index (χ2n) is 4.68. The molecule has 3 nitrogen and oxygen atoms in total. The molecule has 1 aromatic carbocycles. The number of nitriles is 1. The minimum absolute atomic E-state index is 0.0335. The van der Waals surface area contributed by atoms with E-state index >= 15 is 0 Å². The predicted octanol–water partition coefficient (Wildman–Crippen LogP) is 2.46. The molecule has 0 saturated carbocycles. The largest absolute Gasteiger partial charge is 0.338 e. The van der Waals surface area contributed by atoms with Crippen LogP contribution in [0.5, 0.6) is 0 Å². The van der Waals surface area contributed by atoms with Gasteiger partial charge in [-0.05, 0) is 23.6 Å². The van der Waals surface area contributed by atoms with Crippen LogP contribution in [0.3, 0.4) is 0 Å². The molecule has 94 valence electrons. The summed E-state index contributed by atoms with van der Waals surface area (Å²) >= 11 is 0. The molecule has 4 heteroatoms. The van der Waals surface area contributed by atoms with Gasteiger partial charge in [0.15, 0.2) is 0 Å². The fraction of sp³-hybridized carbons (Fsp3) is 0.429. The molecule has 1 aliphatic rings. The highest BCUT2D eigenvalue weighted by Crippen LogP contribution is 2.22. The Morgan fingerprint density at radius 2 is 2.33 bits per heavy atom. The van der Waals surface area contributed by atoms with E-state index in [1.807, 2.05) is 6.07 Å². The van der Waals surface area contributed by atoms with E-state index in [0.717, 1.165) is 18.5 Å². The van der Waals surface area contributed by atoms with Crippen molar-refractivity contribution in [3.05, 3.63) is 35.1 Å². The molecular formula is C14H15FN2O. The molecule has 0 radical (unpaired) electrons. The van der Waals surface area contributed by atoms with Crippen LogP contribution in [0.1, 0.15) is 30.9 Å². The maximum absolute atomic E-state index is 13.2. The molecule has 1 aromatic rings. The summed E-state index contributed by atoms with van der Waals surface area (Å²) in [5.41, 5.74) is 0.837. The minimum Gasteiger partial charge on any atom is -0.338 e. The lowest BCUT2D eigenvalue weighted by Gasteiger charge is -2.16. The molecule has 1 fully saturated rings. The summed E-state index contributed by atoms with van der Waals surface area (Å²) < 4.78 is 13.2. The van der Waals surface area contributed by atoms with Gasteiger partial charge in [-0.15, -0.1) is 0 Å². The first-order valence-electron chi connectivity index (χ1n) is 6.10. The first-order valence-corrected chi connectivity index (χ1v) is 6.10. The lowest BCUT2D eigenvalue weighted by molar-refractivity contribution is -0.128. The molecule has 2 rings (SSSR count). The number of hydrogen-bond donors (Lipinski definition) is 0. The molecule has 1 unspecified atom stereocenters. The van der Waals surface area contributed by atoms with Crippen molar-refractivity contribution >= 4 is 5.91 Å². The summed E-state index contributed by atoms with van der Waals surface area (Å²) in [5.74, 6) is 0.0542. The van der Waals surface area contributed by atoms with Gasteiger partial charge in [0.05, 0.1) is 5.56 Å². The summed E-state index contributed by atoms with van der Waals surface area (Å²) in [6.45, 7) is 3.30. The Balaban J connectivity index is 2.11. The first-order chi connectivity index (χ1) is 8.63. The predicted molar refractivity (Wildman–Crippen MR) is 64.9 cm³/mol. The lowest BCUT2D eigenvalue weighted by Crippen LogP contribution is -2.24. The van der Waals surface area contributed by atoms with Crippen LogP contribution in [0, 0.1) is 23.1 Å². The number of carbonyl (C=O) groups excluding carboxylic acids is 1. The number of likely N-dealkylation sites (tertiary alicyclic amines) is 1. The Bertz CT molecular complexity index is 507. The highest BCUT2D eigenvalue weighted by Gasteiger charge is 2.28. The van der Waals surface area contributed by atoms with Crippen molar-refractivity contribution in [2.45, 2.75) is 26.3 Å². The van der Waals surface area contributed by atoms with Crippen LogP contribution in [0.15, 0.2) is 18.2 Å². The molecule has 1 aliphatic heterocycles. The average molecular weight is 246 g/mol. The summed E-state index contributed by atoms with van der Waals surface area (Å²) in [6, 6.07) is 6.24. The van der Waals surface area contributed by atoms with Crippen LogP contribution in [0.25, 0.3) is 0 Å². The van der Waals surface area contributed by atoms with E-state index in [4.69, 9.17) is 5.26 Å². The van der Waals surface area contributed by atoms with Crippen molar-refractivity contribution in [1.29, 1.82) is 5.26 Å². The number of hydrogen-bond acceptors (Lipinski definition) is 2. The van der Waals surface area contributed by atoms with Crippen molar-refractivity contribution < 1.29 is 9.18 Å². The second-order valence-corrected chi connectivity index (χ2v) is 4.68. The maximum Gasteiger partial charge on any atom is 0.223 e. The SMILES string of the molecule is CCC1CC(=O)N(Cc2ccc(F)c(C#N)c2)C1. The zero-order valence-corrected chi connectivity index (χ0v) is 10.3. The third-order valence-corrected chi connectivity index (χ3v) is 3.40. The molecule has 1 saturated heterocycles. The highest BCUT2D eigenvalue weighted by atomic mass is 19.1. The molecule has 0 N–H and O–H groups in total. The minimum atomic E-state index is -0.513. The normalized spacial score (nSPS) is 19.1. The molecule has 1 heterocycles. The Hall–Kier alpha value is -1.89. The van der Waals surface area contributed by atoms with Gasteiger partial charge < -0.3 is 4.90 Å². The number of halogens is 1. The average Bonchev–Trinajstić information content (AvgIpc) is 2.72.